The van der Waals surface area contributed by atoms with Gasteiger partial charge in [-0.05, 0) is 37.0 Å². The van der Waals surface area contributed by atoms with Crippen LogP contribution < -0.4 is 0 Å². The van der Waals surface area contributed by atoms with Crippen LogP contribution in [0.5, 0.6) is 0 Å². The lowest BCUT2D eigenvalue weighted by atomic mass is 9.80. The van der Waals surface area contributed by atoms with Crippen molar-refractivity contribution in [1.82, 2.24) is 0 Å². The monoisotopic (exact) mass is 458 g/mol. The Balaban J connectivity index is 1.70. The van der Waals surface area contributed by atoms with Crippen molar-refractivity contribution in [2.45, 2.75) is 43.9 Å². The summed E-state index contributed by atoms with van der Waals surface area (Å²) in [6, 6.07) is 30.5. The third-order valence-corrected chi connectivity index (χ3v) is 6.44. The van der Waals surface area contributed by atoms with Gasteiger partial charge in [0.05, 0.1) is 25.4 Å². The fraction of sp³-hybridized carbons (Fsp3) is 0.333. The van der Waals surface area contributed by atoms with Crippen molar-refractivity contribution in [3.63, 3.8) is 0 Å². The number of hydrogen-bond acceptors (Lipinski definition) is 4. The summed E-state index contributed by atoms with van der Waals surface area (Å²) in [5.74, 6) is -0.977. The molecule has 1 heterocycles. The Hall–Kier alpha value is -2.76. The molecule has 1 saturated heterocycles. The van der Waals surface area contributed by atoms with Crippen LogP contribution in [0.2, 0.25) is 0 Å². The maximum Gasteiger partial charge on any atom is 0.163 e. The van der Waals surface area contributed by atoms with E-state index in [1.165, 1.54) is 0 Å². The van der Waals surface area contributed by atoms with Crippen LogP contribution in [0.15, 0.2) is 104 Å². The van der Waals surface area contributed by atoms with Gasteiger partial charge in [0.1, 0.15) is 5.60 Å². The van der Waals surface area contributed by atoms with Crippen molar-refractivity contribution in [3.05, 3.63) is 120 Å². The zero-order chi connectivity index (χ0) is 24.0. The van der Waals surface area contributed by atoms with Gasteiger partial charge in [0.2, 0.25) is 0 Å². The fourth-order valence-electron chi connectivity index (χ4n) is 4.80. The first-order chi connectivity index (χ1) is 16.5. The molecular formula is C30H34O4. The highest BCUT2D eigenvalue weighted by molar-refractivity contribution is 5.47. The maximum absolute atomic E-state index is 11.3. The van der Waals surface area contributed by atoms with Crippen LogP contribution in [-0.2, 0) is 19.8 Å². The van der Waals surface area contributed by atoms with Crippen molar-refractivity contribution < 1.29 is 19.3 Å². The molecular weight excluding hydrogens is 424 g/mol. The van der Waals surface area contributed by atoms with Crippen LogP contribution in [0.25, 0.3) is 0 Å². The predicted octanol–water partition coefficient (Wildman–Crippen LogP) is 5.70. The molecule has 1 fully saturated rings. The summed E-state index contributed by atoms with van der Waals surface area (Å²) in [6.45, 7) is 8.47. The SMILES string of the molecule is C=C[C@H](C1CCOC(C)(C)O1)[C@H](O)COC(c1ccccc1)(c1ccccc1)c1ccccc1. The second kappa shape index (κ2) is 10.7. The highest BCUT2D eigenvalue weighted by Crippen LogP contribution is 2.41. The topological polar surface area (TPSA) is 47.9 Å². The van der Waals surface area contributed by atoms with Crippen molar-refractivity contribution >= 4 is 0 Å². The lowest BCUT2D eigenvalue weighted by Crippen LogP contribution is -2.47. The van der Waals surface area contributed by atoms with Crippen LogP contribution in [-0.4, -0.2) is 36.3 Å². The van der Waals surface area contributed by atoms with Gasteiger partial charge >= 0.3 is 0 Å². The van der Waals surface area contributed by atoms with E-state index in [0.29, 0.717) is 13.0 Å². The van der Waals surface area contributed by atoms with Crippen LogP contribution in [0, 0.1) is 5.92 Å². The van der Waals surface area contributed by atoms with Gasteiger partial charge in [-0.3, -0.25) is 0 Å². The lowest BCUT2D eigenvalue weighted by molar-refractivity contribution is -0.284. The van der Waals surface area contributed by atoms with Crippen LogP contribution in [0.4, 0.5) is 0 Å². The molecule has 0 spiro atoms. The van der Waals surface area contributed by atoms with Crippen molar-refractivity contribution in [1.29, 1.82) is 0 Å². The molecule has 4 rings (SSSR count). The van der Waals surface area contributed by atoms with Gasteiger partial charge < -0.3 is 19.3 Å². The standard InChI is InChI=1S/C30H34O4/c1-4-26(28-20-21-32-29(2,3)34-28)27(31)22-33-30(23-14-8-5-9-15-23,24-16-10-6-11-17-24)25-18-12-7-13-19-25/h4-19,26-28,31H,1,20-22H2,2-3H3/t26-,27+,28?/m0/s1. The minimum Gasteiger partial charge on any atom is -0.390 e. The number of rotatable bonds is 9. The zero-order valence-electron chi connectivity index (χ0n) is 20.0. The van der Waals surface area contributed by atoms with Crippen molar-refractivity contribution in [3.8, 4) is 0 Å². The molecule has 4 heteroatoms. The molecule has 34 heavy (non-hydrogen) atoms. The van der Waals surface area contributed by atoms with E-state index in [2.05, 4.69) is 43.0 Å². The Bertz CT molecular complexity index is 937. The predicted molar refractivity (Wildman–Crippen MR) is 134 cm³/mol. The lowest BCUT2D eigenvalue weighted by Gasteiger charge is -2.41. The molecule has 0 bridgehead atoms. The van der Waals surface area contributed by atoms with Gasteiger partial charge in [0.15, 0.2) is 5.79 Å². The van der Waals surface area contributed by atoms with E-state index in [9.17, 15) is 5.11 Å². The first-order valence-corrected chi connectivity index (χ1v) is 11.9. The molecule has 3 aromatic rings. The van der Waals surface area contributed by atoms with Gasteiger partial charge in [-0.1, -0.05) is 97.1 Å². The Kier molecular flexibility index (Phi) is 7.64. The smallest absolute Gasteiger partial charge is 0.163 e. The van der Waals surface area contributed by atoms with E-state index < -0.39 is 17.5 Å². The maximum atomic E-state index is 11.3. The molecule has 3 atom stereocenters. The molecule has 1 unspecified atom stereocenters. The molecule has 3 aromatic carbocycles. The zero-order valence-corrected chi connectivity index (χ0v) is 20.0. The average Bonchev–Trinajstić information content (AvgIpc) is 2.86. The summed E-state index contributed by atoms with van der Waals surface area (Å²) in [6.07, 6.45) is 1.47. The molecule has 1 N–H and O–H groups in total. The van der Waals surface area contributed by atoms with E-state index >= 15 is 0 Å². The first-order valence-electron chi connectivity index (χ1n) is 11.9. The second-order valence-electron chi connectivity index (χ2n) is 9.16. The van der Waals surface area contributed by atoms with Crippen LogP contribution in [0.1, 0.15) is 37.0 Å². The number of aliphatic hydroxyl groups is 1. The summed E-state index contributed by atoms with van der Waals surface area (Å²) in [4.78, 5) is 0. The number of hydrogen-bond donors (Lipinski definition) is 1. The largest absolute Gasteiger partial charge is 0.390 e. The molecule has 0 aliphatic carbocycles. The highest BCUT2D eigenvalue weighted by Gasteiger charge is 2.40. The number of ether oxygens (including phenoxy) is 3. The number of benzene rings is 3. The average molecular weight is 459 g/mol. The van der Waals surface area contributed by atoms with Gasteiger partial charge in [0.25, 0.3) is 0 Å². The molecule has 0 radical (unpaired) electrons. The Labute approximate surface area is 202 Å². The van der Waals surface area contributed by atoms with E-state index in [1.807, 2.05) is 68.4 Å². The van der Waals surface area contributed by atoms with Gasteiger partial charge in [-0.2, -0.15) is 0 Å². The van der Waals surface area contributed by atoms with Crippen molar-refractivity contribution in [2.24, 2.45) is 5.92 Å². The van der Waals surface area contributed by atoms with Crippen LogP contribution >= 0.6 is 0 Å². The molecule has 0 amide bonds. The fourth-order valence-corrected chi connectivity index (χ4v) is 4.80. The van der Waals surface area contributed by atoms with E-state index in [0.717, 1.165) is 16.7 Å². The summed E-state index contributed by atoms with van der Waals surface area (Å²) < 4.78 is 18.6. The van der Waals surface area contributed by atoms with Crippen LogP contribution in [0.3, 0.4) is 0 Å². The molecule has 1 aliphatic heterocycles. The van der Waals surface area contributed by atoms with Gasteiger partial charge in [0, 0.05) is 5.92 Å². The Morgan fingerprint density at radius 3 is 1.82 bits per heavy atom. The summed E-state index contributed by atoms with van der Waals surface area (Å²) in [7, 11) is 0. The van der Waals surface area contributed by atoms with E-state index in [4.69, 9.17) is 14.2 Å². The number of aliphatic hydroxyl groups excluding tert-OH is 1. The summed E-state index contributed by atoms with van der Waals surface area (Å²) in [5.41, 5.74) is 2.11. The van der Waals surface area contributed by atoms with Crippen molar-refractivity contribution in [2.75, 3.05) is 13.2 Å². The Morgan fingerprint density at radius 1 is 0.941 bits per heavy atom. The third-order valence-electron chi connectivity index (χ3n) is 6.44. The normalized spacial score (nSPS) is 19.8. The molecule has 0 saturated carbocycles. The minimum absolute atomic E-state index is 0.108. The van der Waals surface area contributed by atoms with Gasteiger partial charge in [-0.15, -0.1) is 6.58 Å². The third kappa shape index (κ3) is 5.16. The Morgan fingerprint density at radius 2 is 1.41 bits per heavy atom. The first kappa shape index (κ1) is 24.4. The molecule has 1 aliphatic rings. The minimum atomic E-state index is -0.883. The highest BCUT2D eigenvalue weighted by atomic mass is 16.7. The van der Waals surface area contributed by atoms with E-state index in [1.54, 1.807) is 6.08 Å². The second-order valence-corrected chi connectivity index (χ2v) is 9.16. The summed E-state index contributed by atoms with van der Waals surface area (Å²) >= 11 is 0. The quantitative estimate of drug-likeness (QED) is 0.330. The molecule has 178 valence electrons. The molecule has 4 nitrogen and oxygen atoms in total. The van der Waals surface area contributed by atoms with E-state index in [-0.39, 0.29) is 18.6 Å². The van der Waals surface area contributed by atoms with Gasteiger partial charge in [-0.25, -0.2) is 0 Å². The summed E-state index contributed by atoms with van der Waals surface area (Å²) in [5, 5.41) is 11.3. The molecule has 0 aromatic heterocycles.